The molecule has 0 spiro atoms. The van der Waals surface area contributed by atoms with E-state index in [1.165, 1.54) is 11.9 Å². The first-order valence-corrected chi connectivity index (χ1v) is 11.6. The van der Waals surface area contributed by atoms with Gasteiger partial charge in [0.1, 0.15) is 24.4 Å². The number of carbonyl (C=O) groups is 1. The van der Waals surface area contributed by atoms with Gasteiger partial charge >= 0.3 is 0 Å². The SMILES string of the molecule is CC(C)c1ccc(COc2ccc(C3=C4C(=O)N(C)CCN4NC3c3ccncn3)cc2)cc1. The van der Waals surface area contributed by atoms with E-state index < -0.39 is 0 Å². The maximum absolute atomic E-state index is 13.1. The van der Waals surface area contributed by atoms with Gasteiger partial charge in [-0.2, -0.15) is 0 Å². The van der Waals surface area contributed by atoms with Crippen LogP contribution in [0.15, 0.2) is 72.8 Å². The van der Waals surface area contributed by atoms with E-state index >= 15 is 0 Å². The average Bonchev–Trinajstić information content (AvgIpc) is 3.26. The molecule has 174 valence electrons. The average molecular weight is 456 g/mol. The highest BCUT2D eigenvalue weighted by Crippen LogP contribution is 2.40. The zero-order valence-electron chi connectivity index (χ0n) is 19.7. The van der Waals surface area contributed by atoms with Gasteiger partial charge in [0, 0.05) is 25.4 Å². The minimum Gasteiger partial charge on any atom is -0.489 e. The molecule has 5 rings (SSSR count). The number of benzene rings is 2. The van der Waals surface area contributed by atoms with E-state index in [9.17, 15) is 4.79 Å². The zero-order chi connectivity index (χ0) is 23.7. The minimum atomic E-state index is -0.223. The number of nitrogens with one attached hydrogen (secondary N) is 1. The largest absolute Gasteiger partial charge is 0.489 e. The van der Waals surface area contributed by atoms with Crippen molar-refractivity contribution in [3.63, 3.8) is 0 Å². The Morgan fingerprint density at radius 2 is 1.82 bits per heavy atom. The summed E-state index contributed by atoms with van der Waals surface area (Å²) in [5.74, 6) is 1.31. The van der Waals surface area contributed by atoms with E-state index in [0.29, 0.717) is 24.8 Å². The molecule has 1 saturated heterocycles. The number of fused-ring (bicyclic) bond motifs is 1. The molecule has 1 N–H and O–H groups in total. The second-order valence-electron chi connectivity index (χ2n) is 9.05. The number of rotatable bonds is 6. The van der Waals surface area contributed by atoms with E-state index in [-0.39, 0.29) is 11.9 Å². The molecule has 1 amide bonds. The lowest BCUT2D eigenvalue weighted by Gasteiger charge is -2.32. The number of ether oxygens (including phenoxy) is 1. The van der Waals surface area contributed by atoms with Crippen molar-refractivity contribution in [1.29, 1.82) is 0 Å². The van der Waals surface area contributed by atoms with Crippen LogP contribution in [-0.2, 0) is 11.4 Å². The highest BCUT2D eigenvalue weighted by Gasteiger charge is 2.40. The van der Waals surface area contributed by atoms with E-state index in [0.717, 1.165) is 34.7 Å². The molecule has 0 bridgehead atoms. The number of hydrogen-bond acceptors (Lipinski definition) is 6. The van der Waals surface area contributed by atoms with Crippen molar-refractivity contribution < 1.29 is 9.53 Å². The minimum absolute atomic E-state index is 0.00970. The fourth-order valence-electron chi connectivity index (χ4n) is 4.39. The van der Waals surface area contributed by atoms with Crippen LogP contribution in [0.1, 0.15) is 48.2 Å². The molecule has 1 fully saturated rings. The fourth-order valence-corrected chi connectivity index (χ4v) is 4.39. The molecule has 34 heavy (non-hydrogen) atoms. The molecular formula is C27H29N5O2. The van der Waals surface area contributed by atoms with Crippen molar-refractivity contribution in [1.82, 2.24) is 25.3 Å². The molecule has 7 heteroatoms. The smallest absolute Gasteiger partial charge is 0.271 e. The zero-order valence-corrected chi connectivity index (χ0v) is 19.7. The van der Waals surface area contributed by atoms with Crippen LogP contribution in [-0.4, -0.2) is 45.9 Å². The molecule has 2 aliphatic rings. The van der Waals surface area contributed by atoms with Crippen LogP contribution in [0.4, 0.5) is 0 Å². The van der Waals surface area contributed by atoms with Crippen LogP contribution in [0.25, 0.3) is 5.57 Å². The van der Waals surface area contributed by atoms with Crippen LogP contribution in [0.3, 0.4) is 0 Å². The van der Waals surface area contributed by atoms with Gasteiger partial charge in [-0.1, -0.05) is 50.2 Å². The van der Waals surface area contributed by atoms with E-state index in [4.69, 9.17) is 4.74 Å². The third-order valence-electron chi connectivity index (χ3n) is 6.42. The van der Waals surface area contributed by atoms with E-state index in [1.54, 1.807) is 11.1 Å². The Morgan fingerprint density at radius 1 is 1.06 bits per heavy atom. The summed E-state index contributed by atoms with van der Waals surface area (Å²) >= 11 is 0. The number of hydrazine groups is 1. The Morgan fingerprint density at radius 3 is 2.50 bits per heavy atom. The molecule has 2 aromatic carbocycles. The molecule has 2 aliphatic heterocycles. The van der Waals surface area contributed by atoms with Gasteiger partial charge in [-0.25, -0.2) is 15.4 Å². The highest BCUT2D eigenvalue weighted by atomic mass is 16.5. The second kappa shape index (κ2) is 9.27. The first-order chi connectivity index (χ1) is 16.5. The summed E-state index contributed by atoms with van der Waals surface area (Å²) < 4.78 is 6.03. The van der Waals surface area contributed by atoms with Crippen molar-refractivity contribution in [3.05, 3.63) is 95.2 Å². The van der Waals surface area contributed by atoms with Gasteiger partial charge in [-0.05, 0) is 40.8 Å². The molecule has 0 aliphatic carbocycles. The van der Waals surface area contributed by atoms with Crippen molar-refractivity contribution in [3.8, 4) is 5.75 Å². The fraction of sp³-hybridized carbons (Fsp3) is 0.296. The van der Waals surface area contributed by atoms with Gasteiger partial charge < -0.3 is 14.6 Å². The van der Waals surface area contributed by atoms with Gasteiger partial charge in [0.05, 0.1) is 18.3 Å². The van der Waals surface area contributed by atoms with Crippen LogP contribution in [0, 0.1) is 0 Å². The molecule has 1 atom stereocenters. The number of amides is 1. The Hall–Kier alpha value is -3.71. The molecule has 7 nitrogen and oxygen atoms in total. The molecule has 0 radical (unpaired) electrons. The third-order valence-corrected chi connectivity index (χ3v) is 6.42. The Labute approximate surface area is 200 Å². The normalized spacial score (nSPS) is 18.0. The summed E-state index contributed by atoms with van der Waals surface area (Å²) in [4.78, 5) is 23.3. The molecular weight excluding hydrogens is 426 g/mol. The lowest BCUT2D eigenvalue weighted by molar-refractivity contribution is -0.130. The van der Waals surface area contributed by atoms with Gasteiger partial charge in [0.25, 0.3) is 5.91 Å². The van der Waals surface area contributed by atoms with Crippen molar-refractivity contribution >= 4 is 11.5 Å². The summed E-state index contributed by atoms with van der Waals surface area (Å²) in [5, 5.41) is 1.95. The van der Waals surface area contributed by atoms with Crippen LogP contribution in [0.2, 0.25) is 0 Å². The summed E-state index contributed by atoms with van der Waals surface area (Å²) in [6, 6.07) is 18.2. The Kier molecular flexibility index (Phi) is 6.02. The topological polar surface area (TPSA) is 70.6 Å². The number of likely N-dealkylation sites (N-methyl/N-ethyl adjacent to an activating group) is 1. The summed E-state index contributed by atoms with van der Waals surface area (Å²) in [6.07, 6.45) is 3.26. The maximum atomic E-state index is 13.1. The number of nitrogens with zero attached hydrogens (tertiary/aromatic N) is 4. The third kappa shape index (κ3) is 4.26. The maximum Gasteiger partial charge on any atom is 0.271 e. The van der Waals surface area contributed by atoms with Gasteiger partial charge in [0.2, 0.25) is 0 Å². The molecule has 3 heterocycles. The van der Waals surface area contributed by atoms with Gasteiger partial charge in [-0.15, -0.1) is 0 Å². The second-order valence-corrected chi connectivity index (χ2v) is 9.05. The van der Waals surface area contributed by atoms with Gasteiger partial charge in [-0.3, -0.25) is 4.79 Å². The molecule has 1 unspecified atom stereocenters. The Bertz CT molecular complexity index is 1190. The first kappa shape index (κ1) is 22.1. The number of piperazine rings is 1. The number of hydrogen-bond donors (Lipinski definition) is 1. The first-order valence-electron chi connectivity index (χ1n) is 11.6. The summed E-state index contributed by atoms with van der Waals surface area (Å²) in [7, 11) is 1.84. The van der Waals surface area contributed by atoms with Gasteiger partial charge in [0.15, 0.2) is 0 Å². The van der Waals surface area contributed by atoms with E-state index in [1.807, 2.05) is 42.4 Å². The Balaban J connectivity index is 1.40. The predicted molar refractivity (Wildman–Crippen MR) is 130 cm³/mol. The lowest BCUT2D eigenvalue weighted by Crippen LogP contribution is -2.49. The highest BCUT2D eigenvalue weighted by molar-refractivity contribution is 6.03. The molecule has 0 saturated carbocycles. The van der Waals surface area contributed by atoms with Crippen molar-refractivity contribution in [2.45, 2.75) is 32.4 Å². The van der Waals surface area contributed by atoms with Crippen molar-refractivity contribution in [2.24, 2.45) is 0 Å². The van der Waals surface area contributed by atoms with Crippen LogP contribution in [0.5, 0.6) is 5.75 Å². The summed E-state index contributed by atoms with van der Waals surface area (Å²) in [6.45, 7) is 6.28. The van der Waals surface area contributed by atoms with Crippen LogP contribution < -0.4 is 10.2 Å². The summed E-state index contributed by atoms with van der Waals surface area (Å²) in [5.41, 5.74) is 9.32. The standard InChI is InChI=1S/C27H29N5O2/c1-18(2)20-6-4-19(5-7-20)16-34-22-10-8-21(9-11-22)24-25(23-12-13-28-17-29-23)30-32-15-14-31(3)27(33)26(24)32/h4-13,17-18,25,30H,14-16H2,1-3H3. The quantitative estimate of drug-likeness (QED) is 0.608. The molecule has 1 aromatic heterocycles. The lowest BCUT2D eigenvalue weighted by atomic mass is 9.94. The van der Waals surface area contributed by atoms with Crippen molar-refractivity contribution in [2.75, 3.05) is 20.1 Å². The molecule has 3 aromatic rings. The number of aromatic nitrogens is 2. The predicted octanol–water partition coefficient (Wildman–Crippen LogP) is 3.92. The monoisotopic (exact) mass is 455 g/mol. The van der Waals surface area contributed by atoms with Crippen LogP contribution >= 0.6 is 0 Å². The van der Waals surface area contributed by atoms with E-state index in [2.05, 4.69) is 53.5 Å². The number of carbonyl (C=O) groups excluding carboxylic acids is 1.